The van der Waals surface area contributed by atoms with Gasteiger partial charge in [-0.25, -0.2) is 0 Å². The first-order valence-corrected chi connectivity index (χ1v) is 7.38. The maximum absolute atomic E-state index is 11.7. The number of nitrogens with one attached hydrogen (secondary N) is 1. The van der Waals surface area contributed by atoms with E-state index in [1.54, 1.807) is 0 Å². The molecule has 3 N–H and O–H groups in total. The number of rotatable bonds is 4. The number of likely N-dealkylation sites (tertiary alicyclic amines) is 1. The molecule has 2 fully saturated rings. The standard InChI is InChI=1S/C14H28N4O/c1-16-14(13(15)19)7-6-11(9-14)18-8-4-5-12(10-18)17(2)3/h11-12,16H,4-10H2,1-3H3,(H2,15,19). The Morgan fingerprint density at radius 1 is 1.42 bits per heavy atom. The Bertz CT molecular complexity index is 333. The minimum Gasteiger partial charge on any atom is -0.368 e. The third-order valence-corrected chi connectivity index (χ3v) is 5.11. The van der Waals surface area contributed by atoms with Gasteiger partial charge in [0, 0.05) is 18.6 Å². The highest BCUT2D eigenvalue weighted by atomic mass is 16.1. The largest absolute Gasteiger partial charge is 0.368 e. The van der Waals surface area contributed by atoms with Gasteiger partial charge in [-0.1, -0.05) is 0 Å². The van der Waals surface area contributed by atoms with Gasteiger partial charge in [0.25, 0.3) is 0 Å². The van der Waals surface area contributed by atoms with E-state index >= 15 is 0 Å². The van der Waals surface area contributed by atoms with Crippen LogP contribution in [0.3, 0.4) is 0 Å². The number of piperidine rings is 1. The Balaban J connectivity index is 1.98. The molecule has 1 aliphatic carbocycles. The zero-order valence-electron chi connectivity index (χ0n) is 12.5. The van der Waals surface area contributed by atoms with Crippen molar-refractivity contribution < 1.29 is 4.79 Å². The lowest BCUT2D eigenvalue weighted by Crippen LogP contribution is -2.54. The van der Waals surface area contributed by atoms with Crippen LogP contribution in [-0.2, 0) is 4.79 Å². The van der Waals surface area contributed by atoms with Gasteiger partial charge in [0.15, 0.2) is 0 Å². The second-order valence-corrected chi connectivity index (χ2v) is 6.35. The van der Waals surface area contributed by atoms with E-state index in [0.717, 1.165) is 32.4 Å². The maximum atomic E-state index is 11.7. The molecular formula is C14H28N4O. The summed E-state index contributed by atoms with van der Waals surface area (Å²) in [6.45, 7) is 2.28. The fraction of sp³-hybridized carbons (Fsp3) is 0.929. The third kappa shape index (κ3) is 2.93. The minimum atomic E-state index is -0.476. The van der Waals surface area contributed by atoms with Crippen LogP contribution in [0.4, 0.5) is 0 Å². The van der Waals surface area contributed by atoms with Crippen LogP contribution in [0.2, 0.25) is 0 Å². The second-order valence-electron chi connectivity index (χ2n) is 6.35. The molecule has 0 aromatic rings. The van der Waals surface area contributed by atoms with Crippen LogP contribution in [0.15, 0.2) is 0 Å². The van der Waals surface area contributed by atoms with Crippen molar-refractivity contribution in [3.05, 3.63) is 0 Å². The molecule has 1 amide bonds. The van der Waals surface area contributed by atoms with Gasteiger partial charge < -0.3 is 16.0 Å². The van der Waals surface area contributed by atoms with Crippen molar-refractivity contribution in [3.63, 3.8) is 0 Å². The highest BCUT2D eigenvalue weighted by molar-refractivity contribution is 5.85. The topological polar surface area (TPSA) is 61.6 Å². The molecule has 0 aromatic heterocycles. The predicted molar refractivity (Wildman–Crippen MR) is 76.9 cm³/mol. The summed E-state index contributed by atoms with van der Waals surface area (Å²) in [5.41, 5.74) is 5.11. The first-order valence-electron chi connectivity index (χ1n) is 7.38. The summed E-state index contributed by atoms with van der Waals surface area (Å²) in [7, 11) is 6.17. The lowest BCUT2D eigenvalue weighted by atomic mass is 9.96. The molecular weight excluding hydrogens is 240 g/mol. The Morgan fingerprint density at radius 3 is 2.68 bits per heavy atom. The number of carbonyl (C=O) groups is 1. The fourth-order valence-corrected chi connectivity index (χ4v) is 3.64. The van der Waals surface area contributed by atoms with Crippen LogP contribution < -0.4 is 11.1 Å². The summed E-state index contributed by atoms with van der Waals surface area (Å²) < 4.78 is 0. The van der Waals surface area contributed by atoms with Gasteiger partial charge in [0.2, 0.25) is 5.91 Å². The van der Waals surface area contributed by atoms with E-state index < -0.39 is 5.54 Å². The van der Waals surface area contributed by atoms with Gasteiger partial charge in [0.05, 0.1) is 5.54 Å². The van der Waals surface area contributed by atoms with Crippen LogP contribution in [0, 0.1) is 0 Å². The van der Waals surface area contributed by atoms with Crippen LogP contribution in [0.25, 0.3) is 0 Å². The Hall–Kier alpha value is -0.650. The van der Waals surface area contributed by atoms with Gasteiger partial charge in [-0.15, -0.1) is 0 Å². The highest BCUT2D eigenvalue weighted by Crippen LogP contribution is 2.34. The summed E-state index contributed by atoms with van der Waals surface area (Å²) in [6.07, 6.45) is 5.33. The first-order chi connectivity index (χ1) is 8.98. The van der Waals surface area contributed by atoms with Crippen LogP contribution in [-0.4, -0.2) is 67.6 Å². The lowest BCUT2D eigenvalue weighted by Gasteiger charge is -2.40. The van der Waals surface area contributed by atoms with Crippen molar-refractivity contribution in [1.82, 2.24) is 15.1 Å². The third-order valence-electron chi connectivity index (χ3n) is 5.11. The summed E-state index contributed by atoms with van der Waals surface area (Å²) in [4.78, 5) is 16.6. The van der Waals surface area contributed by atoms with E-state index in [2.05, 4.69) is 29.2 Å². The SMILES string of the molecule is CNC1(C(N)=O)CCC(N2CCCC(N(C)C)C2)C1. The van der Waals surface area contributed by atoms with Crippen molar-refractivity contribution in [3.8, 4) is 0 Å². The number of nitrogens with two attached hydrogens (primary N) is 1. The van der Waals surface area contributed by atoms with Crippen molar-refractivity contribution >= 4 is 5.91 Å². The molecule has 2 rings (SSSR count). The van der Waals surface area contributed by atoms with Crippen molar-refractivity contribution in [2.24, 2.45) is 5.73 Å². The number of nitrogens with zero attached hydrogens (tertiary/aromatic N) is 2. The second kappa shape index (κ2) is 5.77. The molecule has 1 heterocycles. The Kier molecular flexibility index (Phi) is 4.48. The van der Waals surface area contributed by atoms with Crippen LogP contribution >= 0.6 is 0 Å². The number of hydrogen-bond donors (Lipinski definition) is 2. The van der Waals surface area contributed by atoms with Gasteiger partial charge in [-0.2, -0.15) is 0 Å². The molecule has 0 spiro atoms. The molecule has 1 aliphatic heterocycles. The number of primary amides is 1. The average molecular weight is 268 g/mol. The molecule has 3 atom stereocenters. The first kappa shape index (κ1) is 14.8. The Morgan fingerprint density at radius 2 is 2.16 bits per heavy atom. The molecule has 5 heteroatoms. The molecule has 5 nitrogen and oxygen atoms in total. The van der Waals surface area contributed by atoms with E-state index in [0.29, 0.717) is 12.1 Å². The van der Waals surface area contributed by atoms with Gasteiger partial charge in [-0.05, 0) is 59.8 Å². The van der Waals surface area contributed by atoms with Gasteiger partial charge in [0.1, 0.15) is 0 Å². The van der Waals surface area contributed by atoms with Gasteiger partial charge >= 0.3 is 0 Å². The molecule has 110 valence electrons. The summed E-state index contributed by atoms with van der Waals surface area (Å²) in [5, 5.41) is 3.17. The zero-order chi connectivity index (χ0) is 14.0. The molecule has 0 aromatic carbocycles. The number of likely N-dealkylation sites (N-methyl/N-ethyl adjacent to an activating group) is 2. The monoisotopic (exact) mass is 268 g/mol. The van der Waals surface area contributed by atoms with Crippen molar-refractivity contribution in [1.29, 1.82) is 0 Å². The quantitative estimate of drug-likeness (QED) is 0.754. The molecule has 1 saturated carbocycles. The molecule has 0 radical (unpaired) electrons. The molecule has 19 heavy (non-hydrogen) atoms. The lowest BCUT2D eigenvalue weighted by molar-refractivity contribution is -0.124. The number of carbonyl (C=O) groups excluding carboxylic acids is 1. The van der Waals surface area contributed by atoms with Gasteiger partial charge in [-0.3, -0.25) is 9.69 Å². The van der Waals surface area contributed by atoms with E-state index in [4.69, 9.17) is 5.73 Å². The maximum Gasteiger partial charge on any atom is 0.237 e. The summed E-state index contributed by atoms with van der Waals surface area (Å²) in [5.74, 6) is -0.196. The molecule has 1 saturated heterocycles. The van der Waals surface area contributed by atoms with Crippen molar-refractivity contribution in [2.45, 2.75) is 49.7 Å². The summed E-state index contributed by atoms with van der Waals surface area (Å²) in [6, 6.07) is 1.15. The zero-order valence-corrected chi connectivity index (χ0v) is 12.5. The van der Waals surface area contributed by atoms with E-state index in [1.807, 2.05) is 7.05 Å². The smallest absolute Gasteiger partial charge is 0.237 e. The molecule has 3 unspecified atom stereocenters. The minimum absolute atomic E-state index is 0.196. The molecule has 0 bridgehead atoms. The number of amides is 1. The predicted octanol–water partition coefficient (Wildman–Crippen LogP) is 0.00840. The Labute approximate surface area is 116 Å². The van der Waals surface area contributed by atoms with Crippen LogP contribution in [0.5, 0.6) is 0 Å². The van der Waals surface area contributed by atoms with E-state index in [9.17, 15) is 4.79 Å². The van der Waals surface area contributed by atoms with E-state index in [-0.39, 0.29) is 5.91 Å². The summed E-state index contributed by atoms with van der Waals surface area (Å²) >= 11 is 0. The fourth-order valence-electron chi connectivity index (χ4n) is 3.64. The number of hydrogen-bond acceptors (Lipinski definition) is 4. The molecule has 2 aliphatic rings. The normalized spacial score (nSPS) is 36.8. The van der Waals surface area contributed by atoms with E-state index in [1.165, 1.54) is 12.8 Å². The van der Waals surface area contributed by atoms with Crippen molar-refractivity contribution in [2.75, 3.05) is 34.2 Å². The van der Waals surface area contributed by atoms with Crippen LogP contribution in [0.1, 0.15) is 32.1 Å². The average Bonchev–Trinajstić information content (AvgIpc) is 2.84. The highest BCUT2D eigenvalue weighted by Gasteiger charge is 2.45.